The van der Waals surface area contributed by atoms with Crippen molar-refractivity contribution < 1.29 is 0 Å². The predicted molar refractivity (Wildman–Crippen MR) is 46.4 cm³/mol. The van der Waals surface area contributed by atoms with Gasteiger partial charge in [-0.1, -0.05) is 30.3 Å². The second-order valence-corrected chi connectivity index (χ2v) is 2.98. The van der Waals surface area contributed by atoms with E-state index in [0.29, 0.717) is 0 Å². The minimum Gasteiger partial charge on any atom is -0.244 e. The SMILES string of the molecule is [c]1cnc(-c2ccccc2)s1. The average molecular weight is 160 g/mol. The maximum absolute atomic E-state index is 4.15. The van der Waals surface area contributed by atoms with E-state index >= 15 is 0 Å². The second kappa shape index (κ2) is 2.84. The normalized spacial score (nSPS) is 9.82. The van der Waals surface area contributed by atoms with Crippen molar-refractivity contribution >= 4 is 11.3 Å². The van der Waals surface area contributed by atoms with Crippen molar-refractivity contribution in [3.8, 4) is 10.6 Å². The molecule has 0 bridgehead atoms. The fourth-order valence-electron chi connectivity index (χ4n) is 0.908. The third kappa shape index (κ3) is 1.30. The monoisotopic (exact) mass is 160 g/mol. The standard InChI is InChI=1S/C9H6NS/c1-2-4-8(5-3-1)9-10-6-7-11-9/h1-6H. The van der Waals surface area contributed by atoms with Crippen LogP contribution in [0.1, 0.15) is 0 Å². The summed E-state index contributed by atoms with van der Waals surface area (Å²) in [5.41, 5.74) is 1.17. The minimum absolute atomic E-state index is 1.03. The molecular formula is C9H6NS. The van der Waals surface area contributed by atoms with Crippen LogP contribution in [0.2, 0.25) is 0 Å². The van der Waals surface area contributed by atoms with E-state index in [0.717, 1.165) is 5.01 Å². The highest BCUT2D eigenvalue weighted by Gasteiger charge is 1.96. The second-order valence-electron chi connectivity index (χ2n) is 2.15. The summed E-state index contributed by atoms with van der Waals surface area (Å²) in [6.45, 7) is 0. The molecule has 0 spiro atoms. The van der Waals surface area contributed by atoms with Gasteiger partial charge in [-0.15, -0.1) is 11.3 Å². The maximum atomic E-state index is 4.15. The molecular weight excluding hydrogens is 154 g/mol. The molecule has 2 aromatic rings. The zero-order valence-electron chi connectivity index (χ0n) is 5.82. The van der Waals surface area contributed by atoms with Crippen molar-refractivity contribution in [2.75, 3.05) is 0 Å². The fourth-order valence-corrected chi connectivity index (χ4v) is 1.48. The summed E-state index contributed by atoms with van der Waals surface area (Å²) in [4.78, 5) is 4.15. The van der Waals surface area contributed by atoms with Gasteiger partial charge in [0.2, 0.25) is 0 Å². The Kier molecular flexibility index (Phi) is 1.69. The number of hydrogen-bond acceptors (Lipinski definition) is 2. The van der Waals surface area contributed by atoms with Crippen molar-refractivity contribution in [2.45, 2.75) is 0 Å². The van der Waals surface area contributed by atoms with Crippen LogP contribution < -0.4 is 0 Å². The van der Waals surface area contributed by atoms with Gasteiger partial charge in [-0.2, -0.15) is 0 Å². The third-order valence-electron chi connectivity index (χ3n) is 1.41. The van der Waals surface area contributed by atoms with Gasteiger partial charge in [-0.05, 0) is 0 Å². The lowest BCUT2D eigenvalue weighted by molar-refractivity contribution is 1.41. The number of rotatable bonds is 1. The molecule has 0 fully saturated rings. The summed E-state index contributed by atoms with van der Waals surface area (Å²) in [6, 6.07) is 10.1. The van der Waals surface area contributed by atoms with Crippen LogP contribution in [0, 0.1) is 5.38 Å². The molecule has 0 aliphatic rings. The Labute approximate surface area is 69.3 Å². The summed E-state index contributed by atoms with van der Waals surface area (Å²) in [6.07, 6.45) is 1.70. The third-order valence-corrected chi connectivity index (χ3v) is 2.17. The molecule has 1 heterocycles. The van der Waals surface area contributed by atoms with E-state index in [-0.39, 0.29) is 0 Å². The van der Waals surface area contributed by atoms with Crippen molar-refractivity contribution in [3.63, 3.8) is 0 Å². The quantitative estimate of drug-likeness (QED) is 0.625. The van der Waals surface area contributed by atoms with Gasteiger partial charge < -0.3 is 0 Å². The van der Waals surface area contributed by atoms with E-state index in [4.69, 9.17) is 0 Å². The molecule has 2 heteroatoms. The van der Waals surface area contributed by atoms with Gasteiger partial charge in [-0.3, -0.25) is 0 Å². The first-order valence-electron chi connectivity index (χ1n) is 3.34. The van der Waals surface area contributed by atoms with Gasteiger partial charge in [0.1, 0.15) is 5.01 Å². The van der Waals surface area contributed by atoms with Gasteiger partial charge >= 0.3 is 0 Å². The molecule has 2 rings (SSSR count). The maximum Gasteiger partial charge on any atom is 0.123 e. The van der Waals surface area contributed by atoms with E-state index in [2.05, 4.69) is 10.4 Å². The first-order valence-corrected chi connectivity index (χ1v) is 4.16. The van der Waals surface area contributed by atoms with Gasteiger partial charge in [0, 0.05) is 11.8 Å². The Balaban J connectivity index is 2.46. The van der Waals surface area contributed by atoms with Crippen molar-refractivity contribution in [1.82, 2.24) is 4.98 Å². The van der Waals surface area contributed by atoms with Crippen molar-refractivity contribution in [1.29, 1.82) is 0 Å². The number of aromatic nitrogens is 1. The molecule has 0 saturated carbocycles. The van der Waals surface area contributed by atoms with E-state index in [9.17, 15) is 0 Å². The molecule has 1 aromatic heterocycles. The van der Waals surface area contributed by atoms with Crippen molar-refractivity contribution in [3.05, 3.63) is 41.9 Å². The van der Waals surface area contributed by atoms with Crippen LogP contribution in [-0.4, -0.2) is 4.98 Å². The Bertz CT molecular complexity index is 313. The number of hydrogen-bond donors (Lipinski definition) is 0. The molecule has 1 nitrogen and oxygen atoms in total. The minimum atomic E-state index is 1.03. The molecule has 53 valence electrons. The summed E-state index contributed by atoms with van der Waals surface area (Å²) in [7, 11) is 0. The van der Waals surface area contributed by atoms with E-state index < -0.39 is 0 Å². The lowest BCUT2D eigenvalue weighted by atomic mass is 10.2. The predicted octanol–water partition coefficient (Wildman–Crippen LogP) is 2.61. The van der Waals surface area contributed by atoms with E-state index in [1.165, 1.54) is 16.9 Å². The first kappa shape index (κ1) is 6.55. The number of benzene rings is 1. The highest BCUT2D eigenvalue weighted by molar-refractivity contribution is 7.12. The van der Waals surface area contributed by atoms with Crippen LogP contribution in [0.15, 0.2) is 36.5 Å². The van der Waals surface area contributed by atoms with Crippen LogP contribution >= 0.6 is 11.3 Å². The number of nitrogens with zero attached hydrogens (tertiary/aromatic N) is 1. The van der Waals surface area contributed by atoms with Gasteiger partial charge in [0.25, 0.3) is 0 Å². The zero-order valence-corrected chi connectivity index (χ0v) is 6.64. The Morgan fingerprint density at radius 2 is 2.00 bits per heavy atom. The highest BCUT2D eigenvalue weighted by Crippen LogP contribution is 2.19. The Morgan fingerprint density at radius 3 is 2.64 bits per heavy atom. The topological polar surface area (TPSA) is 12.9 Å². The first-order chi connectivity index (χ1) is 5.47. The molecule has 0 atom stereocenters. The average Bonchev–Trinajstić information content (AvgIpc) is 2.58. The van der Waals surface area contributed by atoms with Gasteiger partial charge in [-0.25, -0.2) is 4.98 Å². The summed E-state index contributed by atoms with van der Waals surface area (Å²) >= 11 is 1.54. The molecule has 0 aliphatic carbocycles. The highest BCUT2D eigenvalue weighted by atomic mass is 32.1. The lowest BCUT2D eigenvalue weighted by Gasteiger charge is -1.91. The molecule has 0 aliphatic heterocycles. The molecule has 0 unspecified atom stereocenters. The summed E-state index contributed by atoms with van der Waals surface area (Å²) in [5.74, 6) is 0. The molecule has 0 saturated heterocycles. The molecule has 11 heavy (non-hydrogen) atoms. The smallest absolute Gasteiger partial charge is 0.123 e. The number of thiazole rings is 1. The Morgan fingerprint density at radius 1 is 1.18 bits per heavy atom. The van der Waals surface area contributed by atoms with Gasteiger partial charge in [0.15, 0.2) is 0 Å². The molecule has 1 aromatic carbocycles. The van der Waals surface area contributed by atoms with Crippen LogP contribution in [0.25, 0.3) is 10.6 Å². The van der Waals surface area contributed by atoms with Crippen LogP contribution in [0.5, 0.6) is 0 Å². The zero-order chi connectivity index (χ0) is 7.52. The van der Waals surface area contributed by atoms with Crippen LogP contribution in [0.4, 0.5) is 0 Å². The molecule has 1 radical (unpaired) electrons. The van der Waals surface area contributed by atoms with Crippen molar-refractivity contribution in [2.24, 2.45) is 0 Å². The molecule has 0 amide bonds. The largest absolute Gasteiger partial charge is 0.244 e. The van der Waals surface area contributed by atoms with Crippen LogP contribution in [0.3, 0.4) is 0 Å². The van der Waals surface area contributed by atoms with Crippen LogP contribution in [-0.2, 0) is 0 Å². The Hall–Kier alpha value is -1.15. The van der Waals surface area contributed by atoms with E-state index in [1.54, 1.807) is 6.20 Å². The fraction of sp³-hybridized carbons (Fsp3) is 0. The molecule has 0 N–H and O–H groups in total. The summed E-state index contributed by atoms with van der Waals surface area (Å²) in [5, 5.41) is 3.99. The lowest BCUT2D eigenvalue weighted by Crippen LogP contribution is -1.71. The summed E-state index contributed by atoms with van der Waals surface area (Å²) < 4.78 is 0. The van der Waals surface area contributed by atoms with Gasteiger partial charge in [0.05, 0.1) is 5.38 Å². The van der Waals surface area contributed by atoms with E-state index in [1.807, 2.05) is 30.3 Å².